The molecule has 0 bridgehead atoms. The lowest BCUT2D eigenvalue weighted by Crippen LogP contribution is -2.50. The maximum Gasteiger partial charge on any atom is 0.308 e. The number of oxime groups is 1. The third kappa shape index (κ3) is 5.39. The summed E-state index contributed by atoms with van der Waals surface area (Å²) in [6.45, 7) is 9.89. The molecule has 36 heavy (non-hydrogen) atoms. The second-order valence-corrected chi connectivity index (χ2v) is 9.61. The summed E-state index contributed by atoms with van der Waals surface area (Å²) in [4.78, 5) is 22.3. The Kier molecular flexibility index (Phi) is 7.25. The van der Waals surface area contributed by atoms with Crippen molar-refractivity contribution in [3.05, 3.63) is 59.2 Å². The quantitative estimate of drug-likeness (QED) is 0.434. The number of carbonyl (C=O) groups is 1. The minimum Gasteiger partial charge on any atom is -0.493 e. The summed E-state index contributed by atoms with van der Waals surface area (Å²) in [5, 5.41) is 4.43. The van der Waals surface area contributed by atoms with Crippen LogP contribution in [0.25, 0.3) is 6.08 Å². The van der Waals surface area contributed by atoms with Crippen molar-refractivity contribution in [2.75, 3.05) is 53.0 Å². The second kappa shape index (κ2) is 10.7. The topological polar surface area (TPSA) is 72.8 Å². The Balaban J connectivity index is 1.16. The number of piperazine rings is 1. The summed E-state index contributed by atoms with van der Waals surface area (Å²) < 4.78 is 16.8. The summed E-state index contributed by atoms with van der Waals surface area (Å²) in [6.07, 6.45) is 2.21. The molecule has 3 aliphatic rings. The number of fused-ring (bicyclic) bond motifs is 3. The largest absolute Gasteiger partial charge is 0.493 e. The molecule has 0 radical (unpaired) electrons. The van der Waals surface area contributed by atoms with Gasteiger partial charge < -0.3 is 19.0 Å². The zero-order valence-electron chi connectivity index (χ0n) is 21.1. The van der Waals surface area contributed by atoms with E-state index in [2.05, 4.69) is 52.2 Å². The highest BCUT2D eigenvalue weighted by Crippen LogP contribution is 2.41. The molecule has 0 saturated carbocycles. The van der Waals surface area contributed by atoms with E-state index in [1.807, 2.05) is 12.1 Å². The van der Waals surface area contributed by atoms with E-state index in [1.54, 1.807) is 13.2 Å². The number of nitrogens with zero attached hydrogens (tertiary/aromatic N) is 3. The summed E-state index contributed by atoms with van der Waals surface area (Å²) >= 11 is 0. The van der Waals surface area contributed by atoms with E-state index < -0.39 is 5.97 Å². The van der Waals surface area contributed by atoms with Gasteiger partial charge in [-0.1, -0.05) is 47.1 Å². The zero-order chi connectivity index (χ0) is 25.1. The van der Waals surface area contributed by atoms with Crippen LogP contribution >= 0.6 is 0 Å². The first-order valence-corrected chi connectivity index (χ1v) is 12.4. The van der Waals surface area contributed by atoms with Crippen molar-refractivity contribution in [1.82, 2.24) is 9.80 Å². The van der Waals surface area contributed by atoms with Crippen LogP contribution in [0.1, 0.15) is 25.0 Å². The van der Waals surface area contributed by atoms with Crippen molar-refractivity contribution in [1.29, 1.82) is 0 Å². The smallest absolute Gasteiger partial charge is 0.308 e. The summed E-state index contributed by atoms with van der Waals surface area (Å²) in [5.41, 5.74) is 4.32. The maximum absolute atomic E-state index is 11.4. The van der Waals surface area contributed by atoms with Crippen molar-refractivity contribution in [3.8, 4) is 17.2 Å². The Bertz CT molecular complexity index is 1160. The molecule has 3 aliphatic heterocycles. The molecule has 1 saturated heterocycles. The van der Waals surface area contributed by atoms with Gasteiger partial charge in [0.25, 0.3) is 0 Å². The second-order valence-electron chi connectivity index (χ2n) is 9.61. The highest BCUT2D eigenvalue weighted by Gasteiger charge is 2.41. The van der Waals surface area contributed by atoms with E-state index in [9.17, 15) is 4.79 Å². The molecule has 3 heterocycles. The number of hydrogen-bond acceptors (Lipinski definition) is 8. The van der Waals surface area contributed by atoms with Crippen LogP contribution in [0.15, 0.2) is 53.2 Å². The van der Waals surface area contributed by atoms with Crippen LogP contribution in [0.5, 0.6) is 17.2 Å². The van der Waals surface area contributed by atoms with Gasteiger partial charge in [-0.2, -0.15) is 0 Å². The lowest BCUT2D eigenvalue weighted by atomic mass is 9.90. The first-order chi connectivity index (χ1) is 17.5. The number of benzene rings is 2. The van der Waals surface area contributed by atoms with Gasteiger partial charge in [-0.15, -0.1) is 0 Å². The Morgan fingerprint density at radius 3 is 2.56 bits per heavy atom. The Hall–Kier alpha value is -3.36. The average molecular weight is 492 g/mol. The van der Waals surface area contributed by atoms with Crippen molar-refractivity contribution >= 4 is 17.8 Å². The first kappa shape index (κ1) is 24.3. The summed E-state index contributed by atoms with van der Waals surface area (Å²) in [5.74, 6) is 1.07. The van der Waals surface area contributed by atoms with Crippen LogP contribution in [0.2, 0.25) is 0 Å². The number of hydrogen-bond donors (Lipinski definition) is 0. The monoisotopic (exact) mass is 491 g/mol. The lowest BCUT2D eigenvalue weighted by Gasteiger charge is -2.36. The zero-order valence-corrected chi connectivity index (χ0v) is 21.1. The Morgan fingerprint density at radius 2 is 1.83 bits per heavy atom. The van der Waals surface area contributed by atoms with Crippen LogP contribution in [0, 0.1) is 5.92 Å². The molecule has 190 valence electrons. The van der Waals surface area contributed by atoms with Crippen molar-refractivity contribution in [2.45, 2.75) is 20.0 Å². The normalized spacial score (nSPS) is 22.1. The van der Waals surface area contributed by atoms with E-state index in [0.29, 0.717) is 23.9 Å². The molecule has 2 atom stereocenters. The molecule has 8 nitrogen and oxygen atoms in total. The minimum atomic E-state index is -0.411. The van der Waals surface area contributed by atoms with Gasteiger partial charge in [0.15, 0.2) is 17.6 Å². The average Bonchev–Trinajstić information content (AvgIpc) is 3.28. The van der Waals surface area contributed by atoms with Gasteiger partial charge in [-0.3, -0.25) is 14.6 Å². The van der Waals surface area contributed by atoms with Gasteiger partial charge in [-0.25, -0.2) is 0 Å². The summed E-state index contributed by atoms with van der Waals surface area (Å²) in [7, 11) is 1.55. The third-order valence-corrected chi connectivity index (χ3v) is 6.89. The van der Waals surface area contributed by atoms with E-state index in [0.717, 1.165) is 50.5 Å². The van der Waals surface area contributed by atoms with Gasteiger partial charge >= 0.3 is 5.97 Å². The van der Waals surface area contributed by atoms with Crippen LogP contribution in [0.4, 0.5) is 0 Å². The fraction of sp³-hybridized carbons (Fsp3) is 0.429. The van der Waals surface area contributed by atoms with Crippen LogP contribution in [-0.4, -0.2) is 80.6 Å². The third-order valence-electron chi connectivity index (χ3n) is 6.89. The fourth-order valence-electron chi connectivity index (χ4n) is 5.09. The molecular formula is C28H33N3O5. The van der Waals surface area contributed by atoms with E-state index in [-0.39, 0.29) is 12.0 Å². The summed E-state index contributed by atoms with van der Waals surface area (Å²) in [6, 6.07) is 14.0. The molecule has 2 unspecified atom stereocenters. The molecule has 0 aromatic heterocycles. The van der Waals surface area contributed by atoms with E-state index >= 15 is 0 Å². The first-order valence-electron chi connectivity index (χ1n) is 12.4. The van der Waals surface area contributed by atoms with E-state index in [1.165, 1.54) is 18.1 Å². The van der Waals surface area contributed by atoms with Gasteiger partial charge in [0, 0.05) is 57.8 Å². The molecule has 5 rings (SSSR count). The van der Waals surface area contributed by atoms with Crippen molar-refractivity contribution in [2.24, 2.45) is 11.1 Å². The molecular weight excluding hydrogens is 458 g/mol. The number of esters is 1. The minimum absolute atomic E-state index is 0.0517. The van der Waals surface area contributed by atoms with Gasteiger partial charge in [0.1, 0.15) is 18.1 Å². The predicted molar refractivity (Wildman–Crippen MR) is 138 cm³/mol. The lowest BCUT2D eigenvalue weighted by molar-refractivity contribution is -0.132. The number of carbonyl (C=O) groups excluding carboxylic acids is 1. The van der Waals surface area contributed by atoms with Gasteiger partial charge in [0.05, 0.1) is 13.0 Å². The molecule has 8 heteroatoms. The van der Waals surface area contributed by atoms with Gasteiger partial charge in [0.2, 0.25) is 0 Å². The fourth-order valence-corrected chi connectivity index (χ4v) is 5.09. The molecule has 2 aromatic carbocycles. The molecule has 0 amide bonds. The van der Waals surface area contributed by atoms with Gasteiger partial charge in [-0.05, 0) is 18.6 Å². The number of methoxy groups -OCH3 is 1. The number of ether oxygens (including phenoxy) is 3. The maximum atomic E-state index is 11.4. The standard InChI is InChI=1S/C28H33N3O5/c1-19(13-21-7-5-4-6-8-21)16-30-9-11-31(12-10-30)17-27-23-18-34-24-15-26(35-20(2)32)25(33-3)14-22(24)28(23)29-36-27/h4-8,13-15,23,27H,9-12,16-18H2,1-3H3/b19-13+. The Morgan fingerprint density at radius 1 is 1.08 bits per heavy atom. The highest BCUT2D eigenvalue weighted by atomic mass is 16.6. The van der Waals surface area contributed by atoms with E-state index in [4.69, 9.17) is 19.0 Å². The van der Waals surface area contributed by atoms with Crippen LogP contribution in [-0.2, 0) is 9.63 Å². The van der Waals surface area contributed by atoms with Crippen molar-refractivity contribution in [3.63, 3.8) is 0 Å². The molecule has 0 aliphatic carbocycles. The van der Waals surface area contributed by atoms with Crippen molar-refractivity contribution < 1.29 is 23.8 Å². The predicted octanol–water partition coefficient (Wildman–Crippen LogP) is 3.45. The molecule has 0 spiro atoms. The molecule has 1 fully saturated rings. The Labute approximate surface area is 212 Å². The number of rotatable bonds is 7. The molecule has 0 N–H and O–H groups in total. The van der Waals surface area contributed by atoms with Crippen LogP contribution < -0.4 is 14.2 Å². The molecule has 2 aromatic rings. The SMILES string of the molecule is COc1cc2c(cc1OC(C)=O)OCC1C2=NOC1CN1CCN(C/C(C)=C/c2ccccc2)CC1. The van der Waals surface area contributed by atoms with Crippen LogP contribution in [0.3, 0.4) is 0 Å². The highest BCUT2D eigenvalue weighted by molar-refractivity contribution is 6.06.